The van der Waals surface area contributed by atoms with Crippen molar-refractivity contribution >= 4 is 23.0 Å². The van der Waals surface area contributed by atoms with Crippen LogP contribution in [-0.4, -0.2) is 51.0 Å². The van der Waals surface area contributed by atoms with Gasteiger partial charge in [-0.25, -0.2) is 29.3 Å². The van der Waals surface area contributed by atoms with E-state index < -0.39 is 17.7 Å². The van der Waals surface area contributed by atoms with Crippen molar-refractivity contribution in [2.75, 3.05) is 6.54 Å². The maximum Gasteiger partial charge on any atom is 0.352 e. The van der Waals surface area contributed by atoms with Gasteiger partial charge in [-0.15, -0.1) is 0 Å². The molecule has 1 fully saturated rings. The Morgan fingerprint density at radius 3 is 2.36 bits per heavy atom. The van der Waals surface area contributed by atoms with Gasteiger partial charge >= 0.3 is 11.9 Å². The molecule has 2 aromatic heterocycles. The summed E-state index contributed by atoms with van der Waals surface area (Å²) in [6.45, 7) is 12.8. The molecule has 0 radical (unpaired) electrons. The van der Waals surface area contributed by atoms with E-state index in [1.807, 2.05) is 39.0 Å². The van der Waals surface area contributed by atoms with E-state index in [0.717, 1.165) is 54.7 Å². The second-order valence-corrected chi connectivity index (χ2v) is 9.64. The maximum atomic E-state index is 9.85. The summed E-state index contributed by atoms with van der Waals surface area (Å²) < 4.78 is 20.1. The average Bonchev–Trinajstić information content (AvgIpc) is 3.40. The van der Waals surface area contributed by atoms with Crippen LogP contribution in [0.1, 0.15) is 57.9 Å². The van der Waals surface area contributed by atoms with Crippen LogP contribution in [0.25, 0.3) is 11.0 Å². The number of rotatable bonds is 9. The highest BCUT2D eigenvalue weighted by Gasteiger charge is 2.39. The first kappa shape index (κ1) is 30.2. The van der Waals surface area contributed by atoms with Crippen LogP contribution in [0.15, 0.2) is 42.9 Å². The first-order valence-corrected chi connectivity index (χ1v) is 12.9. The fourth-order valence-electron chi connectivity index (χ4n) is 4.32. The maximum absolute atomic E-state index is 9.85. The fraction of sp³-hybridized carbons (Fsp3) is 0.500. The van der Waals surface area contributed by atoms with Gasteiger partial charge in [0, 0.05) is 38.7 Å². The Morgan fingerprint density at radius 2 is 1.72 bits per heavy atom. The Labute approximate surface area is 228 Å². The minimum atomic E-state index is -0.639. The molecular formula is C28H38N4O7. The van der Waals surface area contributed by atoms with Gasteiger partial charge in [0.15, 0.2) is 5.79 Å². The summed E-state index contributed by atoms with van der Waals surface area (Å²) in [5.41, 5.74) is 5.19. The number of nitrogens with zero attached hydrogens (tertiary/aromatic N) is 3. The third-order valence-corrected chi connectivity index (χ3v) is 5.87. The number of ether oxygens (including phenoxy) is 3. The molecule has 0 aliphatic carbocycles. The molecule has 212 valence electrons. The van der Waals surface area contributed by atoms with Gasteiger partial charge in [0.1, 0.15) is 13.1 Å². The van der Waals surface area contributed by atoms with Crippen molar-refractivity contribution in [2.24, 2.45) is 0 Å². The predicted molar refractivity (Wildman–Crippen MR) is 143 cm³/mol. The Bertz CT molecular complexity index is 1220. The van der Waals surface area contributed by atoms with Crippen LogP contribution >= 0.6 is 0 Å². The van der Waals surface area contributed by atoms with Gasteiger partial charge in [-0.3, -0.25) is 0 Å². The summed E-state index contributed by atoms with van der Waals surface area (Å²) in [6.07, 6.45) is 4.82. The molecule has 1 N–H and O–H groups in total. The van der Waals surface area contributed by atoms with E-state index in [1.54, 1.807) is 6.33 Å². The molecular weight excluding hydrogens is 504 g/mol. The molecule has 1 aliphatic rings. The number of nitrogens with one attached hydrogen (secondary N) is 1. The molecule has 11 nitrogen and oxygen atoms in total. The quantitative estimate of drug-likeness (QED) is 0.314. The zero-order valence-corrected chi connectivity index (χ0v) is 23.4. The molecule has 0 saturated carbocycles. The molecule has 2 unspecified atom stereocenters. The van der Waals surface area contributed by atoms with Gasteiger partial charge in [0.25, 0.3) is 0 Å². The van der Waals surface area contributed by atoms with Gasteiger partial charge in [-0.05, 0) is 32.8 Å². The molecule has 0 amide bonds. The van der Waals surface area contributed by atoms with Crippen molar-refractivity contribution in [3.05, 3.63) is 59.7 Å². The Balaban J connectivity index is 0.000000459. The lowest BCUT2D eigenvalue weighted by Gasteiger charge is -2.17. The lowest BCUT2D eigenvalue weighted by molar-refractivity contribution is -0.255. The number of carbonyl (C=O) groups excluding carboxylic acids is 2. The number of hydrogen-bond donors (Lipinski definition) is 1. The molecule has 0 bridgehead atoms. The standard InChI is InChI=1S/C24H32N4O3.C4H6O4/c1-5-20-21(31-24(3,4)30-20)12-25-11-19-13-28(23-17(2)26-15-27-22(19)23)16-29-14-18-9-7-6-8-10-18;1-3(5)7-8-4(2)6/h6-10,13,15,20-21,25H,5,11-12,14,16H2,1-4H3;1-2H3. The van der Waals surface area contributed by atoms with Gasteiger partial charge in [-0.1, -0.05) is 37.3 Å². The topological polar surface area (TPSA) is 123 Å². The number of fused-ring (bicyclic) bond motifs is 1. The van der Waals surface area contributed by atoms with Crippen molar-refractivity contribution in [2.45, 2.75) is 85.8 Å². The minimum Gasteiger partial charge on any atom is -0.356 e. The molecule has 2 atom stereocenters. The minimum absolute atomic E-state index is 0.0407. The first-order chi connectivity index (χ1) is 18.6. The lowest BCUT2D eigenvalue weighted by atomic mass is 10.1. The second-order valence-electron chi connectivity index (χ2n) is 9.64. The summed E-state index contributed by atoms with van der Waals surface area (Å²) in [5, 5.41) is 3.53. The molecule has 4 rings (SSSR count). The van der Waals surface area contributed by atoms with Gasteiger partial charge in [-0.2, -0.15) is 0 Å². The van der Waals surface area contributed by atoms with Crippen molar-refractivity contribution in [1.29, 1.82) is 0 Å². The average molecular weight is 543 g/mol. The highest BCUT2D eigenvalue weighted by Crippen LogP contribution is 2.29. The van der Waals surface area contributed by atoms with Crippen LogP contribution in [0.5, 0.6) is 0 Å². The highest BCUT2D eigenvalue weighted by atomic mass is 17.2. The molecule has 1 aromatic carbocycles. The summed E-state index contributed by atoms with van der Waals surface area (Å²) in [7, 11) is 0. The summed E-state index contributed by atoms with van der Waals surface area (Å²) in [6, 6.07) is 10.2. The second kappa shape index (κ2) is 14.1. The number of hydrogen-bond acceptors (Lipinski definition) is 10. The van der Waals surface area contributed by atoms with Crippen LogP contribution in [0.4, 0.5) is 0 Å². The van der Waals surface area contributed by atoms with Crippen LogP contribution in [0, 0.1) is 6.92 Å². The van der Waals surface area contributed by atoms with E-state index in [9.17, 15) is 9.59 Å². The first-order valence-electron chi connectivity index (χ1n) is 12.9. The van der Waals surface area contributed by atoms with Gasteiger partial charge < -0.3 is 24.1 Å². The van der Waals surface area contributed by atoms with Gasteiger partial charge in [0.05, 0.1) is 35.5 Å². The third-order valence-electron chi connectivity index (χ3n) is 5.87. The van der Waals surface area contributed by atoms with Crippen molar-refractivity contribution in [3.8, 4) is 0 Å². The Morgan fingerprint density at radius 1 is 1.05 bits per heavy atom. The molecule has 3 heterocycles. The monoisotopic (exact) mass is 542 g/mol. The molecule has 3 aromatic rings. The van der Waals surface area contributed by atoms with E-state index in [0.29, 0.717) is 19.9 Å². The van der Waals surface area contributed by atoms with Crippen LogP contribution < -0.4 is 5.32 Å². The van der Waals surface area contributed by atoms with E-state index >= 15 is 0 Å². The molecule has 1 aliphatic heterocycles. The van der Waals surface area contributed by atoms with E-state index in [-0.39, 0.29) is 12.2 Å². The Kier molecular flexibility index (Phi) is 10.9. The van der Waals surface area contributed by atoms with Gasteiger partial charge in [0.2, 0.25) is 0 Å². The summed E-state index contributed by atoms with van der Waals surface area (Å²) >= 11 is 0. The van der Waals surface area contributed by atoms with E-state index in [1.165, 1.54) is 0 Å². The summed E-state index contributed by atoms with van der Waals surface area (Å²) in [5.74, 6) is -1.80. The largest absolute Gasteiger partial charge is 0.356 e. The van der Waals surface area contributed by atoms with Crippen molar-refractivity contribution < 1.29 is 33.6 Å². The SMILES string of the molecule is CC(=O)OOC(C)=O.CCC1OC(C)(C)OC1CNCc1cn(COCc2ccccc2)c2c(C)ncnc12. The summed E-state index contributed by atoms with van der Waals surface area (Å²) in [4.78, 5) is 36.3. The molecule has 0 spiro atoms. The fourth-order valence-corrected chi connectivity index (χ4v) is 4.32. The van der Waals surface area contributed by atoms with Crippen molar-refractivity contribution in [1.82, 2.24) is 19.9 Å². The predicted octanol–water partition coefficient (Wildman–Crippen LogP) is 3.96. The number of aromatic nitrogens is 3. The normalized spacial score (nSPS) is 17.9. The van der Waals surface area contributed by atoms with E-state index in [4.69, 9.17) is 14.2 Å². The number of aryl methyl sites for hydroxylation is 1. The molecule has 11 heteroatoms. The van der Waals surface area contributed by atoms with Crippen LogP contribution in [0.3, 0.4) is 0 Å². The number of carbonyl (C=O) groups is 2. The van der Waals surface area contributed by atoms with Crippen molar-refractivity contribution in [3.63, 3.8) is 0 Å². The smallest absolute Gasteiger partial charge is 0.352 e. The highest BCUT2D eigenvalue weighted by molar-refractivity contribution is 5.81. The molecule has 39 heavy (non-hydrogen) atoms. The van der Waals surface area contributed by atoms with E-state index in [2.05, 4.69) is 54.9 Å². The number of benzene rings is 1. The molecule has 1 saturated heterocycles. The lowest BCUT2D eigenvalue weighted by Crippen LogP contribution is -2.34. The zero-order valence-electron chi connectivity index (χ0n) is 23.4. The van der Waals surface area contributed by atoms with Crippen LogP contribution in [-0.2, 0) is 53.5 Å². The third kappa shape index (κ3) is 9.10. The zero-order chi connectivity index (χ0) is 28.4. The van der Waals surface area contributed by atoms with Crippen LogP contribution in [0.2, 0.25) is 0 Å². The Hall–Kier alpha value is -3.38.